The average molecular weight is 308 g/mol. The van der Waals surface area contributed by atoms with Crippen molar-refractivity contribution in [1.29, 1.82) is 0 Å². The Balaban J connectivity index is 2.56. The third-order valence-corrected chi connectivity index (χ3v) is 2.77. The predicted molar refractivity (Wildman–Crippen MR) is 69.6 cm³/mol. The van der Waals surface area contributed by atoms with Gasteiger partial charge in [0.25, 0.3) is 0 Å². The number of furan rings is 1. The zero-order valence-corrected chi connectivity index (χ0v) is 12.0. The fourth-order valence-electron chi connectivity index (χ4n) is 1.73. The van der Waals surface area contributed by atoms with Crippen molar-refractivity contribution in [2.45, 2.75) is 12.7 Å². The molecule has 0 saturated heterocycles. The van der Waals surface area contributed by atoms with Crippen molar-refractivity contribution >= 4 is 5.91 Å². The number of carbonyl (C=O) groups is 1. The summed E-state index contributed by atoms with van der Waals surface area (Å²) in [7, 11) is 2.65. The van der Waals surface area contributed by atoms with Crippen LogP contribution in [-0.2, 0) is 16.1 Å². The second-order valence-corrected chi connectivity index (χ2v) is 4.65. The number of halogens is 3. The summed E-state index contributed by atoms with van der Waals surface area (Å²) < 4.78 is 46.9. The van der Waals surface area contributed by atoms with E-state index in [1.807, 2.05) is 0 Å². The molecule has 1 heterocycles. The van der Waals surface area contributed by atoms with Crippen LogP contribution in [0, 0.1) is 0 Å². The standard InChI is InChI=1S/C13H19F3N2O3/c1-17(10-13(14,15)16)12(19)9-18(5-7-20-2)8-11-4-3-6-21-11/h3-4,6H,5,7-10H2,1-2H3. The maximum absolute atomic E-state index is 12.3. The Labute approximate surface area is 121 Å². The Morgan fingerprint density at radius 2 is 2.14 bits per heavy atom. The smallest absolute Gasteiger partial charge is 0.406 e. The SMILES string of the molecule is COCCN(CC(=O)N(C)CC(F)(F)F)Cc1ccco1. The van der Waals surface area contributed by atoms with Crippen LogP contribution in [0.25, 0.3) is 0 Å². The van der Waals surface area contributed by atoms with E-state index in [-0.39, 0.29) is 6.54 Å². The van der Waals surface area contributed by atoms with Crippen molar-refractivity contribution < 1.29 is 27.1 Å². The average Bonchev–Trinajstić information content (AvgIpc) is 2.86. The van der Waals surface area contributed by atoms with Gasteiger partial charge in [-0.1, -0.05) is 0 Å². The second kappa shape index (κ2) is 8.04. The minimum absolute atomic E-state index is 0.128. The molecule has 0 aliphatic rings. The minimum atomic E-state index is -4.40. The van der Waals surface area contributed by atoms with Crippen molar-refractivity contribution in [1.82, 2.24) is 9.80 Å². The highest BCUT2D eigenvalue weighted by molar-refractivity contribution is 5.78. The van der Waals surface area contributed by atoms with Gasteiger partial charge in [0.05, 0.1) is 26.0 Å². The van der Waals surface area contributed by atoms with Crippen LogP contribution in [0.3, 0.4) is 0 Å². The summed E-state index contributed by atoms with van der Waals surface area (Å²) >= 11 is 0. The van der Waals surface area contributed by atoms with E-state index < -0.39 is 18.6 Å². The topological polar surface area (TPSA) is 45.9 Å². The number of alkyl halides is 3. The van der Waals surface area contributed by atoms with Crippen molar-refractivity contribution in [2.75, 3.05) is 40.4 Å². The van der Waals surface area contributed by atoms with Crippen LogP contribution in [0.4, 0.5) is 13.2 Å². The number of ether oxygens (including phenoxy) is 1. The summed E-state index contributed by atoms with van der Waals surface area (Å²) in [4.78, 5) is 14.2. The first-order valence-corrected chi connectivity index (χ1v) is 6.36. The molecule has 1 aromatic heterocycles. The summed E-state index contributed by atoms with van der Waals surface area (Å²) in [5.41, 5.74) is 0. The van der Waals surface area contributed by atoms with Gasteiger partial charge in [0, 0.05) is 20.7 Å². The van der Waals surface area contributed by atoms with Gasteiger partial charge < -0.3 is 14.1 Å². The highest BCUT2D eigenvalue weighted by Gasteiger charge is 2.31. The molecule has 0 radical (unpaired) electrons. The van der Waals surface area contributed by atoms with E-state index in [9.17, 15) is 18.0 Å². The third kappa shape index (κ3) is 7.14. The lowest BCUT2D eigenvalue weighted by atomic mass is 10.3. The molecule has 0 saturated carbocycles. The number of rotatable bonds is 8. The van der Waals surface area contributed by atoms with Gasteiger partial charge in [-0.05, 0) is 12.1 Å². The van der Waals surface area contributed by atoms with E-state index in [0.29, 0.717) is 30.4 Å². The van der Waals surface area contributed by atoms with Gasteiger partial charge >= 0.3 is 6.18 Å². The lowest BCUT2D eigenvalue weighted by molar-refractivity contribution is -0.159. The first-order chi connectivity index (χ1) is 9.81. The number of carbonyl (C=O) groups excluding carboxylic acids is 1. The van der Waals surface area contributed by atoms with Gasteiger partial charge in [-0.2, -0.15) is 13.2 Å². The molecular formula is C13H19F3N2O3. The van der Waals surface area contributed by atoms with Crippen LogP contribution < -0.4 is 0 Å². The zero-order valence-electron chi connectivity index (χ0n) is 12.0. The number of hydrogen-bond acceptors (Lipinski definition) is 4. The number of likely N-dealkylation sites (N-methyl/N-ethyl adjacent to an activating group) is 1. The summed E-state index contributed by atoms with van der Waals surface area (Å²) in [5, 5.41) is 0. The maximum atomic E-state index is 12.3. The molecule has 0 spiro atoms. The van der Waals surface area contributed by atoms with Gasteiger partial charge in [-0.15, -0.1) is 0 Å². The molecule has 1 aromatic rings. The van der Waals surface area contributed by atoms with Gasteiger partial charge in [-0.25, -0.2) is 0 Å². The number of nitrogens with zero attached hydrogens (tertiary/aromatic N) is 2. The fraction of sp³-hybridized carbons (Fsp3) is 0.615. The number of hydrogen-bond donors (Lipinski definition) is 0. The molecule has 0 aromatic carbocycles. The van der Waals surface area contributed by atoms with Crippen LogP contribution in [0.5, 0.6) is 0 Å². The molecule has 0 fully saturated rings. The van der Waals surface area contributed by atoms with Crippen LogP contribution >= 0.6 is 0 Å². The second-order valence-electron chi connectivity index (χ2n) is 4.65. The summed E-state index contributed by atoms with van der Waals surface area (Å²) in [5.74, 6) is 0.0346. The van der Waals surface area contributed by atoms with Crippen LogP contribution in [0.2, 0.25) is 0 Å². The highest BCUT2D eigenvalue weighted by atomic mass is 19.4. The lowest BCUT2D eigenvalue weighted by Crippen LogP contribution is -2.42. The highest BCUT2D eigenvalue weighted by Crippen LogP contribution is 2.15. The predicted octanol–water partition coefficient (Wildman–Crippen LogP) is 1.75. The molecule has 5 nitrogen and oxygen atoms in total. The van der Waals surface area contributed by atoms with Gasteiger partial charge in [-0.3, -0.25) is 9.69 Å². The van der Waals surface area contributed by atoms with Gasteiger partial charge in [0.1, 0.15) is 12.3 Å². The Kier molecular flexibility index (Phi) is 6.70. The molecule has 0 unspecified atom stereocenters. The van der Waals surface area contributed by atoms with E-state index in [0.717, 1.165) is 7.05 Å². The minimum Gasteiger partial charge on any atom is -0.468 e. The van der Waals surface area contributed by atoms with Gasteiger partial charge in [0.2, 0.25) is 5.91 Å². The molecule has 120 valence electrons. The van der Waals surface area contributed by atoms with Crippen molar-refractivity contribution in [3.05, 3.63) is 24.2 Å². The Bertz CT molecular complexity index is 421. The van der Waals surface area contributed by atoms with E-state index in [1.165, 1.54) is 13.4 Å². The van der Waals surface area contributed by atoms with Crippen LogP contribution in [0.1, 0.15) is 5.76 Å². The van der Waals surface area contributed by atoms with Crippen molar-refractivity contribution in [3.63, 3.8) is 0 Å². The van der Waals surface area contributed by atoms with E-state index >= 15 is 0 Å². The summed E-state index contributed by atoms with van der Waals surface area (Å²) in [6, 6.07) is 3.45. The molecular weight excluding hydrogens is 289 g/mol. The monoisotopic (exact) mass is 308 g/mol. The van der Waals surface area contributed by atoms with E-state index in [4.69, 9.17) is 9.15 Å². The van der Waals surface area contributed by atoms with Crippen LogP contribution in [-0.4, -0.2) is 62.3 Å². The Morgan fingerprint density at radius 1 is 1.43 bits per heavy atom. The Hall–Kier alpha value is -1.54. The fourth-order valence-corrected chi connectivity index (χ4v) is 1.73. The van der Waals surface area contributed by atoms with Gasteiger partial charge in [0.15, 0.2) is 0 Å². The molecule has 0 bridgehead atoms. The zero-order chi connectivity index (χ0) is 15.9. The molecule has 1 rings (SSSR count). The molecule has 0 N–H and O–H groups in total. The van der Waals surface area contributed by atoms with E-state index in [1.54, 1.807) is 17.0 Å². The molecule has 8 heteroatoms. The molecule has 21 heavy (non-hydrogen) atoms. The quantitative estimate of drug-likeness (QED) is 0.734. The number of amides is 1. The largest absolute Gasteiger partial charge is 0.468 e. The third-order valence-electron chi connectivity index (χ3n) is 2.77. The van der Waals surface area contributed by atoms with E-state index in [2.05, 4.69) is 0 Å². The molecule has 0 atom stereocenters. The van der Waals surface area contributed by atoms with Crippen molar-refractivity contribution in [3.8, 4) is 0 Å². The molecule has 0 aliphatic carbocycles. The lowest BCUT2D eigenvalue weighted by Gasteiger charge is -2.24. The van der Waals surface area contributed by atoms with Crippen molar-refractivity contribution in [2.24, 2.45) is 0 Å². The normalized spacial score (nSPS) is 11.9. The first-order valence-electron chi connectivity index (χ1n) is 6.36. The van der Waals surface area contributed by atoms with Crippen LogP contribution in [0.15, 0.2) is 22.8 Å². The summed E-state index contributed by atoms with van der Waals surface area (Å²) in [6.45, 7) is -0.261. The molecule has 1 amide bonds. The first kappa shape index (κ1) is 17.5. The number of methoxy groups -OCH3 is 1. The Morgan fingerprint density at radius 3 is 2.67 bits per heavy atom. The maximum Gasteiger partial charge on any atom is 0.406 e. The summed E-state index contributed by atoms with van der Waals surface area (Å²) in [6.07, 6.45) is -2.90. The molecule has 0 aliphatic heterocycles.